The van der Waals surface area contributed by atoms with Crippen molar-refractivity contribution in [2.75, 3.05) is 6.61 Å². The Morgan fingerprint density at radius 1 is 1.06 bits per heavy atom. The lowest BCUT2D eigenvalue weighted by Crippen LogP contribution is -2.25. The molecule has 0 aliphatic carbocycles. The van der Waals surface area contributed by atoms with Crippen LogP contribution in [-0.4, -0.2) is 29.1 Å². The highest BCUT2D eigenvalue weighted by Crippen LogP contribution is 2.24. The van der Waals surface area contributed by atoms with E-state index in [9.17, 15) is 4.79 Å². The predicted molar refractivity (Wildman–Crippen MR) is 135 cm³/mol. The number of carbonyl (C=O) groups is 1. The molecule has 2 aromatic rings. The summed E-state index contributed by atoms with van der Waals surface area (Å²) in [5.74, 6) is 1.36. The monoisotopic (exact) mass is 451 g/mol. The molecule has 2 aromatic carbocycles. The largest absolute Gasteiger partial charge is 0.494 e. The second-order valence-corrected chi connectivity index (χ2v) is 9.52. The molecule has 1 amide bonds. The molecule has 0 saturated carbocycles. The van der Waals surface area contributed by atoms with Crippen molar-refractivity contribution in [1.82, 2.24) is 5.32 Å². The third-order valence-electron chi connectivity index (χ3n) is 5.35. The topological polar surface area (TPSA) is 63.1 Å². The molecular formula is C26H33N3O2S. The molecule has 5 nitrogen and oxygen atoms in total. The number of ether oxygens (including phenoxy) is 1. The molecule has 170 valence electrons. The zero-order chi connectivity index (χ0) is 22.8. The van der Waals surface area contributed by atoms with Gasteiger partial charge in [0, 0.05) is 0 Å². The zero-order valence-corrected chi connectivity index (χ0v) is 20.0. The fourth-order valence-electron chi connectivity index (χ4n) is 3.36. The number of carbonyl (C=O) groups excluding carboxylic acids is 1. The number of hydrogen-bond acceptors (Lipinski definition) is 5. The van der Waals surface area contributed by atoms with E-state index >= 15 is 0 Å². The minimum absolute atomic E-state index is 0.0164. The van der Waals surface area contributed by atoms with Gasteiger partial charge < -0.3 is 10.1 Å². The van der Waals surface area contributed by atoms with Crippen LogP contribution in [0.3, 0.4) is 0 Å². The maximum Gasteiger partial charge on any atom is 0.239 e. The van der Waals surface area contributed by atoms with Crippen molar-refractivity contribution >= 4 is 29.1 Å². The van der Waals surface area contributed by atoms with Gasteiger partial charge in [0.25, 0.3) is 0 Å². The quantitative estimate of drug-likeness (QED) is 0.261. The lowest BCUT2D eigenvalue weighted by atomic mass is 10.0. The first-order chi connectivity index (χ1) is 15.5. The van der Waals surface area contributed by atoms with Gasteiger partial charge in [-0.05, 0) is 59.7 Å². The van der Waals surface area contributed by atoms with Crippen molar-refractivity contribution in [1.29, 1.82) is 0 Å². The Kier molecular flexibility index (Phi) is 9.35. The molecule has 1 aliphatic rings. The Hall–Kier alpha value is -2.60. The van der Waals surface area contributed by atoms with Gasteiger partial charge in [0.05, 0.1) is 18.1 Å². The summed E-state index contributed by atoms with van der Waals surface area (Å²) >= 11 is 1.43. The summed E-state index contributed by atoms with van der Waals surface area (Å²) < 4.78 is 5.76. The van der Waals surface area contributed by atoms with E-state index in [0.29, 0.717) is 17.5 Å². The Morgan fingerprint density at radius 3 is 2.50 bits per heavy atom. The van der Waals surface area contributed by atoms with Crippen molar-refractivity contribution in [3.8, 4) is 5.75 Å². The second-order valence-electron chi connectivity index (χ2n) is 8.32. The molecule has 32 heavy (non-hydrogen) atoms. The molecule has 0 aromatic heterocycles. The number of hydrogen-bond donors (Lipinski definition) is 1. The maximum absolute atomic E-state index is 12.3. The van der Waals surface area contributed by atoms with E-state index in [0.717, 1.165) is 29.9 Å². The molecule has 0 bridgehead atoms. The van der Waals surface area contributed by atoms with Crippen LogP contribution in [0.15, 0.2) is 58.7 Å². The van der Waals surface area contributed by atoms with Crippen LogP contribution >= 0.6 is 11.8 Å². The van der Waals surface area contributed by atoms with Crippen LogP contribution in [0.25, 0.3) is 0 Å². The van der Waals surface area contributed by atoms with Crippen LogP contribution in [0.2, 0.25) is 0 Å². The van der Waals surface area contributed by atoms with E-state index in [1.807, 2.05) is 24.3 Å². The standard InChI is InChI=1S/C26H33N3O2S/c1-4-5-6-7-16-31-23-14-10-21(11-15-23)18-27-29-26-28-25(30)24(32-26)17-20-8-12-22(13-9-20)19(2)3/h8-15,18-19,24H,4-7,16-17H2,1-3H3,(H,28,29,30)/b27-18-/t24-/m0/s1. The van der Waals surface area contributed by atoms with E-state index in [1.54, 1.807) is 6.21 Å². The number of amides is 1. The van der Waals surface area contributed by atoms with Gasteiger partial charge in [0.15, 0.2) is 5.17 Å². The van der Waals surface area contributed by atoms with E-state index < -0.39 is 0 Å². The van der Waals surface area contributed by atoms with E-state index in [4.69, 9.17) is 4.74 Å². The molecule has 3 rings (SSSR count). The van der Waals surface area contributed by atoms with Crippen LogP contribution in [0.4, 0.5) is 0 Å². The predicted octanol–water partition coefficient (Wildman–Crippen LogP) is 5.93. The molecule has 0 unspecified atom stereocenters. The smallest absolute Gasteiger partial charge is 0.239 e. The summed E-state index contributed by atoms with van der Waals surface area (Å²) in [5, 5.41) is 11.5. The van der Waals surface area contributed by atoms with Crippen LogP contribution in [0.1, 0.15) is 69.1 Å². The van der Waals surface area contributed by atoms with Gasteiger partial charge >= 0.3 is 0 Å². The van der Waals surface area contributed by atoms with Crippen LogP contribution in [0.5, 0.6) is 5.75 Å². The van der Waals surface area contributed by atoms with Crippen molar-refractivity contribution in [2.45, 2.75) is 64.0 Å². The summed E-state index contributed by atoms with van der Waals surface area (Å²) in [6.45, 7) is 7.31. The molecule has 1 heterocycles. The first kappa shape index (κ1) is 24.1. The second kappa shape index (κ2) is 12.4. The summed E-state index contributed by atoms with van der Waals surface area (Å²) in [5.41, 5.74) is 3.39. The fourth-order valence-corrected chi connectivity index (χ4v) is 4.32. The highest BCUT2D eigenvalue weighted by atomic mass is 32.2. The number of rotatable bonds is 11. The van der Waals surface area contributed by atoms with Crippen molar-refractivity contribution in [3.05, 3.63) is 65.2 Å². The third kappa shape index (κ3) is 7.52. The molecule has 6 heteroatoms. The lowest BCUT2D eigenvalue weighted by molar-refractivity contribution is -0.118. The normalized spacial score (nSPS) is 17.4. The molecule has 1 atom stereocenters. The molecule has 0 spiro atoms. The van der Waals surface area contributed by atoms with Crippen LogP contribution < -0.4 is 10.1 Å². The van der Waals surface area contributed by atoms with Gasteiger partial charge in [0.1, 0.15) is 5.75 Å². The van der Waals surface area contributed by atoms with Gasteiger partial charge in [-0.3, -0.25) is 4.79 Å². The number of amidine groups is 1. The minimum Gasteiger partial charge on any atom is -0.494 e. The van der Waals surface area contributed by atoms with Crippen LogP contribution in [0, 0.1) is 0 Å². The highest BCUT2D eigenvalue weighted by molar-refractivity contribution is 8.15. The molecule has 1 saturated heterocycles. The average molecular weight is 452 g/mol. The number of unbranched alkanes of at least 4 members (excludes halogenated alkanes) is 3. The molecule has 1 aliphatic heterocycles. The maximum atomic E-state index is 12.3. The summed E-state index contributed by atoms with van der Waals surface area (Å²) in [4.78, 5) is 12.3. The summed E-state index contributed by atoms with van der Waals surface area (Å²) in [7, 11) is 0. The van der Waals surface area contributed by atoms with E-state index in [1.165, 1.54) is 36.6 Å². The lowest BCUT2D eigenvalue weighted by Gasteiger charge is -2.08. The zero-order valence-electron chi connectivity index (χ0n) is 19.2. The summed E-state index contributed by atoms with van der Waals surface area (Å²) in [6.07, 6.45) is 7.14. The fraction of sp³-hybridized carbons (Fsp3) is 0.423. The number of nitrogens with one attached hydrogen (secondary N) is 1. The van der Waals surface area contributed by atoms with E-state index in [2.05, 4.69) is 60.6 Å². The molecule has 1 fully saturated rings. The number of benzene rings is 2. The van der Waals surface area contributed by atoms with Crippen LogP contribution in [-0.2, 0) is 11.2 Å². The van der Waals surface area contributed by atoms with Gasteiger partial charge in [-0.2, -0.15) is 5.10 Å². The van der Waals surface area contributed by atoms with Gasteiger partial charge in [-0.1, -0.05) is 76.1 Å². The first-order valence-electron chi connectivity index (χ1n) is 11.5. The highest BCUT2D eigenvalue weighted by Gasteiger charge is 2.30. The van der Waals surface area contributed by atoms with Gasteiger partial charge in [-0.15, -0.1) is 5.10 Å². The number of nitrogens with zero attached hydrogens (tertiary/aromatic N) is 2. The Balaban J connectivity index is 1.47. The van der Waals surface area contributed by atoms with Gasteiger partial charge in [-0.25, -0.2) is 0 Å². The van der Waals surface area contributed by atoms with E-state index in [-0.39, 0.29) is 11.2 Å². The molecule has 0 radical (unpaired) electrons. The Bertz CT molecular complexity index is 921. The third-order valence-corrected chi connectivity index (χ3v) is 6.42. The summed E-state index contributed by atoms with van der Waals surface area (Å²) in [6, 6.07) is 16.3. The Labute approximate surface area is 195 Å². The van der Waals surface area contributed by atoms with Crippen molar-refractivity contribution in [3.63, 3.8) is 0 Å². The van der Waals surface area contributed by atoms with Gasteiger partial charge in [0.2, 0.25) is 5.91 Å². The number of thioether (sulfide) groups is 1. The SMILES string of the molecule is CCCCCCOc1ccc(/C=N\N=C2\NC(=O)[C@H](Cc3ccc(C(C)C)cc3)S2)cc1. The van der Waals surface area contributed by atoms with Crippen molar-refractivity contribution < 1.29 is 9.53 Å². The first-order valence-corrected chi connectivity index (χ1v) is 12.3. The molecule has 1 N–H and O–H groups in total. The minimum atomic E-state index is -0.178. The Morgan fingerprint density at radius 2 is 1.81 bits per heavy atom. The average Bonchev–Trinajstić information content (AvgIpc) is 3.14. The van der Waals surface area contributed by atoms with Crippen molar-refractivity contribution in [2.24, 2.45) is 10.2 Å². The molecular weight excluding hydrogens is 418 g/mol.